The lowest BCUT2D eigenvalue weighted by molar-refractivity contribution is 0.0963. The predicted octanol–water partition coefficient (Wildman–Crippen LogP) is 2.37. The second kappa shape index (κ2) is 6.65. The van der Waals surface area contributed by atoms with Crippen molar-refractivity contribution in [2.45, 2.75) is 6.54 Å². The molecule has 0 saturated carbocycles. The van der Waals surface area contributed by atoms with E-state index in [0.717, 1.165) is 11.3 Å². The zero-order chi connectivity index (χ0) is 15.2. The van der Waals surface area contributed by atoms with Gasteiger partial charge in [0.1, 0.15) is 11.5 Å². The Labute approximate surface area is 123 Å². The summed E-state index contributed by atoms with van der Waals surface area (Å²) in [6.07, 6.45) is 0. The number of phenols is 1. The van der Waals surface area contributed by atoms with Gasteiger partial charge in [0, 0.05) is 36.5 Å². The first-order valence-electron chi connectivity index (χ1n) is 6.56. The maximum absolute atomic E-state index is 11.6. The van der Waals surface area contributed by atoms with E-state index in [4.69, 9.17) is 4.74 Å². The van der Waals surface area contributed by atoms with Crippen molar-refractivity contribution in [2.75, 3.05) is 19.5 Å². The van der Waals surface area contributed by atoms with E-state index >= 15 is 0 Å². The Bertz CT molecular complexity index is 641. The van der Waals surface area contributed by atoms with Crippen molar-refractivity contribution < 1.29 is 14.6 Å². The third kappa shape index (κ3) is 3.66. The predicted molar refractivity (Wildman–Crippen MR) is 81.8 cm³/mol. The van der Waals surface area contributed by atoms with Crippen LogP contribution in [0.3, 0.4) is 0 Å². The Morgan fingerprint density at radius 3 is 2.71 bits per heavy atom. The van der Waals surface area contributed by atoms with Gasteiger partial charge in [0.05, 0.1) is 7.11 Å². The van der Waals surface area contributed by atoms with Gasteiger partial charge in [0.15, 0.2) is 0 Å². The zero-order valence-corrected chi connectivity index (χ0v) is 12.0. The number of nitrogens with one attached hydrogen (secondary N) is 2. The third-order valence-corrected chi connectivity index (χ3v) is 3.13. The minimum atomic E-state index is -0.133. The molecule has 0 saturated heterocycles. The average molecular weight is 286 g/mol. The van der Waals surface area contributed by atoms with Gasteiger partial charge in [-0.05, 0) is 30.3 Å². The molecule has 0 aliphatic heterocycles. The molecule has 0 aliphatic carbocycles. The second-order valence-corrected chi connectivity index (χ2v) is 4.51. The molecule has 1 amide bonds. The second-order valence-electron chi connectivity index (χ2n) is 4.51. The molecule has 0 aromatic heterocycles. The quantitative estimate of drug-likeness (QED) is 0.789. The summed E-state index contributed by atoms with van der Waals surface area (Å²) in [6, 6.07) is 12.3. The maximum atomic E-state index is 11.6. The molecule has 5 heteroatoms. The summed E-state index contributed by atoms with van der Waals surface area (Å²) >= 11 is 0. The molecule has 0 bridgehead atoms. The van der Waals surface area contributed by atoms with Crippen molar-refractivity contribution in [3.05, 3.63) is 53.6 Å². The van der Waals surface area contributed by atoms with Crippen LogP contribution >= 0.6 is 0 Å². The number of methoxy groups -OCH3 is 1. The van der Waals surface area contributed by atoms with E-state index in [0.29, 0.717) is 17.9 Å². The molecule has 3 N–H and O–H groups in total. The van der Waals surface area contributed by atoms with Crippen molar-refractivity contribution in [2.24, 2.45) is 0 Å². The van der Waals surface area contributed by atoms with Crippen LogP contribution in [0.25, 0.3) is 0 Å². The number of hydrogen-bond donors (Lipinski definition) is 3. The van der Waals surface area contributed by atoms with Crippen LogP contribution in [0, 0.1) is 0 Å². The summed E-state index contributed by atoms with van der Waals surface area (Å²) in [4.78, 5) is 11.6. The van der Waals surface area contributed by atoms with Crippen molar-refractivity contribution in [1.82, 2.24) is 5.32 Å². The van der Waals surface area contributed by atoms with E-state index in [1.807, 2.05) is 6.07 Å². The molecule has 0 heterocycles. The highest BCUT2D eigenvalue weighted by molar-refractivity contribution is 5.94. The van der Waals surface area contributed by atoms with Crippen LogP contribution in [0.2, 0.25) is 0 Å². The molecule has 21 heavy (non-hydrogen) atoms. The zero-order valence-electron chi connectivity index (χ0n) is 12.0. The van der Waals surface area contributed by atoms with Crippen LogP contribution in [0.15, 0.2) is 42.5 Å². The van der Waals surface area contributed by atoms with E-state index in [2.05, 4.69) is 10.6 Å². The fraction of sp³-hybridized carbons (Fsp3) is 0.188. The van der Waals surface area contributed by atoms with E-state index < -0.39 is 0 Å². The SMILES string of the molecule is CNC(=O)c1cccc(NCc2ccc(OC)cc2O)c1. The molecule has 0 unspecified atom stereocenters. The molecular weight excluding hydrogens is 268 g/mol. The first-order valence-corrected chi connectivity index (χ1v) is 6.56. The van der Waals surface area contributed by atoms with Crippen LogP contribution in [0.1, 0.15) is 15.9 Å². The van der Waals surface area contributed by atoms with Gasteiger partial charge in [-0.2, -0.15) is 0 Å². The van der Waals surface area contributed by atoms with Gasteiger partial charge in [0.25, 0.3) is 5.91 Å². The Balaban J connectivity index is 2.08. The van der Waals surface area contributed by atoms with Crippen molar-refractivity contribution in [3.8, 4) is 11.5 Å². The summed E-state index contributed by atoms with van der Waals surface area (Å²) in [5.74, 6) is 0.646. The summed E-state index contributed by atoms with van der Waals surface area (Å²) < 4.78 is 5.04. The van der Waals surface area contributed by atoms with Crippen LogP contribution in [0.5, 0.6) is 11.5 Å². The van der Waals surface area contributed by atoms with Gasteiger partial charge in [-0.15, -0.1) is 0 Å². The minimum Gasteiger partial charge on any atom is -0.507 e. The van der Waals surface area contributed by atoms with Gasteiger partial charge < -0.3 is 20.5 Å². The summed E-state index contributed by atoms with van der Waals surface area (Å²) in [5, 5.41) is 15.7. The topological polar surface area (TPSA) is 70.6 Å². The van der Waals surface area contributed by atoms with Crippen LogP contribution < -0.4 is 15.4 Å². The average Bonchev–Trinajstić information content (AvgIpc) is 2.53. The van der Waals surface area contributed by atoms with E-state index in [9.17, 15) is 9.90 Å². The molecule has 2 aromatic carbocycles. The van der Waals surface area contributed by atoms with Crippen LogP contribution in [-0.2, 0) is 6.54 Å². The van der Waals surface area contributed by atoms with E-state index in [-0.39, 0.29) is 11.7 Å². The van der Waals surface area contributed by atoms with Gasteiger partial charge in [0.2, 0.25) is 0 Å². The molecule has 5 nitrogen and oxygen atoms in total. The highest BCUT2D eigenvalue weighted by atomic mass is 16.5. The number of hydrogen-bond acceptors (Lipinski definition) is 4. The molecule has 110 valence electrons. The van der Waals surface area contributed by atoms with Crippen LogP contribution in [0.4, 0.5) is 5.69 Å². The van der Waals surface area contributed by atoms with Gasteiger partial charge in [-0.3, -0.25) is 4.79 Å². The first-order chi connectivity index (χ1) is 10.1. The highest BCUT2D eigenvalue weighted by Crippen LogP contribution is 2.24. The highest BCUT2D eigenvalue weighted by Gasteiger charge is 2.05. The van der Waals surface area contributed by atoms with E-state index in [1.165, 1.54) is 0 Å². The minimum absolute atomic E-state index is 0.133. The fourth-order valence-corrected chi connectivity index (χ4v) is 1.93. The molecule has 0 aliphatic rings. The van der Waals surface area contributed by atoms with E-state index in [1.54, 1.807) is 50.6 Å². The number of rotatable bonds is 5. The Kier molecular flexibility index (Phi) is 4.66. The number of ether oxygens (including phenoxy) is 1. The Morgan fingerprint density at radius 2 is 2.05 bits per heavy atom. The van der Waals surface area contributed by atoms with Gasteiger partial charge >= 0.3 is 0 Å². The summed E-state index contributed by atoms with van der Waals surface area (Å²) in [5.41, 5.74) is 2.15. The molecule has 0 fully saturated rings. The number of carbonyl (C=O) groups is 1. The maximum Gasteiger partial charge on any atom is 0.251 e. The normalized spacial score (nSPS) is 10.0. The first kappa shape index (κ1) is 14.7. The number of amides is 1. The lowest BCUT2D eigenvalue weighted by atomic mass is 10.1. The molecule has 0 atom stereocenters. The van der Waals surface area contributed by atoms with Gasteiger partial charge in [-0.25, -0.2) is 0 Å². The summed E-state index contributed by atoms with van der Waals surface area (Å²) in [7, 11) is 3.15. The number of phenolic OH excluding ortho intramolecular Hbond substituents is 1. The van der Waals surface area contributed by atoms with Crippen molar-refractivity contribution in [1.29, 1.82) is 0 Å². The van der Waals surface area contributed by atoms with Crippen LogP contribution in [-0.4, -0.2) is 25.2 Å². The number of carbonyl (C=O) groups excluding carboxylic acids is 1. The van der Waals surface area contributed by atoms with Crippen molar-refractivity contribution >= 4 is 11.6 Å². The Hall–Kier alpha value is -2.69. The van der Waals surface area contributed by atoms with Crippen molar-refractivity contribution in [3.63, 3.8) is 0 Å². The molecular formula is C16H18N2O3. The lowest BCUT2D eigenvalue weighted by Gasteiger charge is -2.10. The summed E-state index contributed by atoms with van der Waals surface area (Å²) in [6.45, 7) is 0.451. The Morgan fingerprint density at radius 1 is 1.24 bits per heavy atom. The number of aromatic hydroxyl groups is 1. The molecule has 0 radical (unpaired) electrons. The number of anilines is 1. The number of benzene rings is 2. The smallest absolute Gasteiger partial charge is 0.251 e. The lowest BCUT2D eigenvalue weighted by Crippen LogP contribution is -2.17. The fourth-order valence-electron chi connectivity index (χ4n) is 1.93. The largest absolute Gasteiger partial charge is 0.507 e. The molecule has 2 rings (SSSR count). The monoisotopic (exact) mass is 286 g/mol. The van der Waals surface area contributed by atoms with Gasteiger partial charge in [-0.1, -0.05) is 6.07 Å². The molecule has 0 spiro atoms. The molecule has 2 aromatic rings. The standard InChI is InChI=1S/C16H18N2O3/c1-17-16(20)11-4-3-5-13(8-11)18-10-12-6-7-14(21-2)9-15(12)19/h3-9,18-19H,10H2,1-2H3,(H,17,20). The third-order valence-electron chi connectivity index (χ3n) is 3.13.